The molecule has 2 heterocycles. The Kier molecular flexibility index (Phi) is 5.49. The number of halogens is 1. The number of terminal acetylenes is 1. The number of ether oxygens (including phenoxy) is 1. The van der Waals surface area contributed by atoms with Crippen LogP contribution in [0.1, 0.15) is 25.5 Å². The van der Waals surface area contributed by atoms with Gasteiger partial charge >= 0.3 is 10.5 Å². The maximum Gasteiger partial charge on any atom is 0.488 e. The molecule has 2 aromatic heterocycles. The van der Waals surface area contributed by atoms with Gasteiger partial charge in [0.2, 0.25) is 0 Å². The van der Waals surface area contributed by atoms with Crippen LogP contribution in [0, 0.1) is 12.3 Å². The minimum Gasteiger partial charge on any atom is -0.496 e. The van der Waals surface area contributed by atoms with Gasteiger partial charge in [-0.05, 0) is 55.8 Å². The van der Waals surface area contributed by atoms with Crippen LogP contribution in [-0.2, 0) is 10.5 Å². The molecule has 0 unspecified atom stereocenters. The molecule has 0 atom stereocenters. The molecule has 0 aliphatic carbocycles. The van der Waals surface area contributed by atoms with Gasteiger partial charge in [-0.3, -0.25) is 4.79 Å². The summed E-state index contributed by atoms with van der Waals surface area (Å²) in [6, 6.07) is 14.9. The Labute approximate surface area is 206 Å². The molecule has 0 amide bonds. The van der Waals surface area contributed by atoms with E-state index in [9.17, 15) is 17.1 Å². The quantitative estimate of drug-likeness (QED) is 0.253. The first-order chi connectivity index (χ1) is 17.1. The summed E-state index contributed by atoms with van der Waals surface area (Å²) in [5.41, 5.74) is 3.69. The first-order valence-corrected chi connectivity index (χ1v) is 12.3. The number of nitrogens with zero attached hydrogens (tertiary/aromatic N) is 1. The van der Waals surface area contributed by atoms with Crippen LogP contribution in [0.25, 0.3) is 44.0 Å². The van der Waals surface area contributed by atoms with Gasteiger partial charge in [0.25, 0.3) is 0 Å². The Morgan fingerprint density at radius 3 is 2.53 bits per heavy atom. The third kappa shape index (κ3) is 3.85. The number of pyridine rings is 1. The van der Waals surface area contributed by atoms with Gasteiger partial charge in [-0.2, -0.15) is 8.42 Å². The third-order valence-electron chi connectivity index (χ3n) is 6.09. The van der Waals surface area contributed by atoms with E-state index < -0.39 is 10.5 Å². The van der Waals surface area contributed by atoms with Crippen LogP contribution < -0.4 is 14.3 Å². The summed E-state index contributed by atoms with van der Waals surface area (Å²) in [5.74, 6) is 2.82. The molecule has 182 valence electrons. The fraction of sp³-hybridized carbons (Fsp3) is 0.148. The Morgan fingerprint density at radius 2 is 1.86 bits per heavy atom. The van der Waals surface area contributed by atoms with Crippen molar-refractivity contribution >= 4 is 43.3 Å². The molecule has 9 heteroatoms. The lowest BCUT2D eigenvalue weighted by Gasteiger charge is -2.19. The Morgan fingerprint density at radius 1 is 1.08 bits per heavy atom. The summed E-state index contributed by atoms with van der Waals surface area (Å²) in [6.45, 7) is 4.01. The highest BCUT2D eigenvalue weighted by Gasteiger charge is 2.21. The monoisotopic (exact) mass is 504 g/mol. The van der Waals surface area contributed by atoms with Gasteiger partial charge in [-0.25, -0.2) is 0 Å². The van der Waals surface area contributed by atoms with E-state index in [2.05, 4.69) is 15.1 Å². The molecule has 0 saturated carbocycles. The zero-order valence-corrected chi connectivity index (χ0v) is 20.4. The number of hydrogen-bond donors (Lipinski definition) is 1. The van der Waals surface area contributed by atoms with Gasteiger partial charge in [0.15, 0.2) is 5.43 Å². The van der Waals surface area contributed by atoms with Crippen LogP contribution >= 0.6 is 0 Å². The largest absolute Gasteiger partial charge is 0.496 e. The summed E-state index contributed by atoms with van der Waals surface area (Å²) >= 11 is 0. The second-order valence-electron chi connectivity index (χ2n) is 8.62. The summed E-state index contributed by atoms with van der Waals surface area (Å²) in [6.07, 6.45) is 5.56. The number of aromatic amines is 1. The van der Waals surface area contributed by atoms with Gasteiger partial charge < -0.3 is 18.5 Å². The molecule has 7 nitrogen and oxygen atoms in total. The van der Waals surface area contributed by atoms with E-state index in [0.717, 1.165) is 10.9 Å². The minimum atomic E-state index is -5.19. The van der Waals surface area contributed by atoms with Crippen molar-refractivity contribution in [3.8, 4) is 35.0 Å². The van der Waals surface area contributed by atoms with Gasteiger partial charge in [-0.15, -0.1) is 6.42 Å². The van der Waals surface area contributed by atoms with Crippen molar-refractivity contribution in [3.63, 3.8) is 0 Å². The summed E-state index contributed by atoms with van der Waals surface area (Å²) in [7, 11) is -3.71. The fourth-order valence-electron chi connectivity index (χ4n) is 4.65. The second kappa shape index (κ2) is 8.43. The van der Waals surface area contributed by atoms with E-state index in [-0.39, 0.29) is 17.2 Å². The molecule has 5 aromatic rings. The predicted molar refractivity (Wildman–Crippen MR) is 139 cm³/mol. The molecule has 5 rings (SSSR count). The average Bonchev–Trinajstić information content (AvgIpc) is 3.20. The lowest BCUT2D eigenvalue weighted by atomic mass is 10.00. The number of benzene rings is 3. The van der Waals surface area contributed by atoms with Crippen LogP contribution in [0.2, 0.25) is 0 Å². The minimum absolute atomic E-state index is 0.0386. The van der Waals surface area contributed by atoms with Crippen LogP contribution in [0.3, 0.4) is 0 Å². The highest BCUT2D eigenvalue weighted by molar-refractivity contribution is 7.81. The van der Waals surface area contributed by atoms with Crippen LogP contribution in [0.15, 0.2) is 59.4 Å². The summed E-state index contributed by atoms with van der Waals surface area (Å²) < 4.78 is 47.1. The molecule has 0 spiro atoms. The summed E-state index contributed by atoms with van der Waals surface area (Å²) in [4.78, 5) is 17.1. The molecule has 0 aliphatic rings. The SMILES string of the molecule is C#Cc1ccc2c(c1)[nH]c1c2c(=O)c2cc(OC)c(-c3cccc(OS(=O)(=O)F)c3)cc2n1C(C)C. The normalized spacial score (nSPS) is 11.9. The summed E-state index contributed by atoms with van der Waals surface area (Å²) in [5, 5.41) is 1.77. The zero-order valence-electron chi connectivity index (χ0n) is 19.6. The Balaban J connectivity index is 1.87. The molecule has 0 bridgehead atoms. The topological polar surface area (TPSA) is 90.4 Å². The molecule has 0 aliphatic heterocycles. The van der Waals surface area contributed by atoms with Gasteiger partial charge in [0.05, 0.1) is 23.4 Å². The van der Waals surface area contributed by atoms with Crippen LogP contribution in [-0.4, -0.2) is 25.1 Å². The van der Waals surface area contributed by atoms with E-state index in [1.165, 1.54) is 19.2 Å². The standard InChI is InChI=1S/C27H21FN2O5S/c1-5-16-9-10-19-22(11-16)29-27-25(19)26(31)21-14-24(34-4)20(13-23(21)30(27)15(2)3)17-7-6-8-18(12-17)35-36(28,32)33/h1,6-15,29H,2-4H3. The van der Waals surface area contributed by atoms with Gasteiger partial charge in [0.1, 0.15) is 17.1 Å². The zero-order chi connectivity index (χ0) is 25.8. The van der Waals surface area contributed by atoms with E-state index in [1.54, 1.807) is 30.3 Å². The predicted octanol–water partition coefficient (Wildman–Crippen LogP) is 5.47. The lowest BCUT2D eigenvalue weighted by molar-refractivity contribution is 0.417. The second-order valence-corrected chi connectivity index (χ2v) is 9.57. The molecular formula is C27H21FN2O5S. The number of aromatic nitrogens is 2. The molecule has 1 N–H and O–H groups in total. The number of rotatable bonds is 5. The highest BCUT2D eigenvalue weighted by Crippen LogP contribution is 2.37. The van der Waals surface area contributed by atoms with E-state index >= 15 is 0 Å². The number of hydrogen-bond acceptors (Lipinski definition) is 5. The van der Waals surface area contributed by atoms with Gasteiger partial charge in [-0.1, -0.05) is 28.0 Å². The molecular weight excluding hydrogens is 483 g/mol. The molecule has 0 radical (unpaired) electrons. The van der Waals surface area contributed by atoms with Crippen LogP contribution in [0.5, 0.6) is 11.5 Å². The molecule has 36 heavy (non-hydrogen) atoms. The molecule has 3 aromatic carbocycles. The lowest BCUT2D eigenvalue weighted by Crippen LogP contribution is -2.13. The van der Waals surface area contributed by atoms with Crippen molar-refractivity contribution in [1.29, 1.82) is 0 Å². The van der Waals surface area contributed by atoms with Crippen molar-refractivity contribution in [2.24, 2.45) is 0 Å². The van der Waals surface area contributed by atoms with E-state index in [1.807, 2.05) is 30.5 Å². The fourth-order valence-corrected chi connectivity index (χ4v) is 4.98. The third-order valence-corrected chi connectivity index (χ3v) is 6.48. The first kappa shape index (κ1) is 23.5. The first-order valence-electron chi connectivity index (χ1n) is 11.0. The Hall–Kier alpha value is -4.29. The molecule has 0 fully saturated rings. The molecule has 0 saturated heterocycles. The smallest absolute Gasteiger partial charge is 0.488 e. The van der Waals surface area contributed by atoms with Crippen molar-refractivity contribution in [1.82, 2.24) is 9.55 Å². The number of nitrogens with one attached hydrogen (secondary N) is 1. The number of fused-ring (bicyclic) bond motifs is 4. The van der Waals surface area contributed by atoms with E-state index in [4.69, 9.17) is 11.2 Å². The number of H-pyrrole nitrogens is 1. The Bertz CT molecular complexity index is 1900. The van der Waals surface area contributed by atoms with Crippen molar-refractivity contribution in [3.05, 3.63) is 70.4 Å². The van der Waals surface area contributed by atoms with Gasteiger partial charge in [0, 0.05) is 28.1 Å². The highest BCUT2D eigenvalue weighted by atomic mass is 32.3. The number of methoxy groups -OCH3 is 1. The maximum atomic E-state index is 13.8. The van der Waals surface area contributed by atoms with Crippen molar-refractivity contribution < 1.29 is 21.2 Å². The average molecular weight is 505 g/mol. The van der Waals surface area contributed by atoms with Crippen LogP contribution in [0.4, 0.5) is 3.89 Å². The van der Waals surface area contributed by atoms with Crippen molar-refractivity contribution in [2.45, 2.75) is 19.9 Å². The van der Waals surface area contributed by atoms with E-state index in [0.29, 0.717) is 44.4 Å². The maximum absolute atomic E-state index is 13.8. The van der Waals surface area contributed by atoms with Crippen molar-refractivity contribution in [2.75, 3.05) is 7.11 Å².